The molecule has 1 aliphatic rings. The predicted molar refractivity (Wildman–Crippen MR) is 81.4 cm³/mol. The molecular weight excluding hydrogens is 290 g/mol. The van der Waals surface area contributed by atoms with Crippen LogP contribution in [-0.4, -0.2) is 37.2 Å². The number of aryl methyl sites for hydroxylation is 1. The SMILES string of the molecule is Cc1cccc2c1N(CCS(=O)(=O)C(C)(C)C)C(=O)C2=O. The number of fused-ring (bicyclic) bond motifs is 1. The van der Waals surface area contributed by atoms with Gasteiger partial charge in [-0.2, -0.15) is 0 Å². The summed E-state index contributed by atoms with van der Waals surface area (Å²) >= 11 is 0. The van der Waals surface area contributed by atoms with Crippen LogP contribution < -0.4 is 4.90 Å². The molecule has 0 saturated carbocycles. The number of sulfone groups is 1. The lowest BCUT2D eigenvalue weighted by Gasteiger charge is -2.23. The second kappa shape index (κ2) is 4.94. The highest BCUT2D eigenvalue weighted by molar-refractivity contribution is 7.92. The number of benzene rings is 1. The van der Waals surface area contributed by atoms with Gasteiger partial charge in [0.05, 0.1) is 21.8 Å². The molecule has 1 heterocycles. The molecule has 1 amide bonds. The molecule has 21 heavy (non-hydrogen) atoms. The Bertz CT molecular complexity index is 714. The molecule has 1 aromatic rings. The van der Waals surface area contributed by atoms with E-state index in [-0.39, 0.29) is 12.3 Å². The van der Waals surface area contributed by atoms with Crippen LogP contribution in [0.5, 0.6) is 0 Å². The Kier molecular flexibility index (Phi) is 3.70. The molecular formula is C15H19NO4S. The van der Waals surface area contributed by atoms with Crippen LogP contribution in [0.3, 0.4) is 0 Å². The second-order valence-electron chi connectivity index (χ2n) is 6.19. The third kappa shape index (κ3) is 2.60. The van der Waals surface area contributed by atoms with Crippen molar-refractivity contribution in [3.8, 4) is 0 Å². The molecule has 1 aliphatic heterocycles. The number of rotatable bonds is 3. The van der Waals surface area contributed by atoms with Gasteiger partial charge in [0.15, 0.2) is 9.84 Å². The Balaban J connectivity index is 2.32. The molecule has 0 aromatic heterocycles. The first-order chi connectivity index (χ1) is 9.56. The number of carbonyl (C=O) groups excluding carboxylic acids is 2. The zero-order valence-corrected chi connectivity index (χ0v) is 13.5. The minimum atomic E-state index is -3.35. The monoisotopic (exact) mass is 309 g/mol. The number of para-hydroxylation sites is 1. The number of carbonyl (C=O) groups is 2. The number of hydrogen-bond donors (Lipinski definition) is 0. The summed E-state index contributed by atoms with van der Waals surface area (Å²) in [5.74, 6) is -1.38. The number of ketones is 1. The van der Waals surface area contributed by atoms with Gasteiger partial charge in [0.2, 0.25) is 0 Å². The van der Waals surface area contributed by atoms with E-state index in [0.717, 1.165) is 5.56 Å². The van der Waals surface area contributed by atoms with Crippen molar-refractivity contribution in [1.82, 2.24) is 0 Å². The number of hydrogen-bond acceptors (Lipinski definition) is 4. The van der Waals surface area contributed by atoms with E-state index < -0.39 is 26.3 Å². The van der Waals surface area contributed by atoms with Crippen molar-refractivity contribution in [2.24, 2.45) is 0 Å². The van der Waals surface area contributed by atoms with Gasteiger partial charge in [0.25, 0.3) is 11.7 Å². The van der Waals surface area contributed by atoms with Crippen LogP contribution >= 0.6 is 0 Å². The van der Waals surface area contributed by atoms with E-state index in [0.29, 0.717) is 11.3 Å². The minimum Gasteiger partial charge on any atom is -0.303 e. The first kappa shape index (κ1) is 15.7. The maximum Gasteiger partial charge on any atom is 0.299 e. The van der Waals surface area contributed by atoms with Crippen LogP contribution in [0.2, 0.25) is 0 Å². The van der Waals surface area contributed by atoms with E-state index in [9.17, 15) is 18.0 Å². The van der Waals surface area contributed by atoms with Crippen LogP contribution in [0, 0.1) is 6.92 Å². The van der Waals surface area contributed by atoms with Crippen molar-refractivity contribution < 1.29 is 18.0 Å². The second-order valence-corrected chi connectivity index (χ2v) is 9.05. The van der Waals surface area contributed by atoms with Crippen molar-refractivity contribution in [2.45, 2.75) is 32.4 Å². The molecule has 0 spiro atoms. The number of anilines is 1. The van der Waals surface area contributed by atoms with Crippen LogP contribution in [0.25, 0.3) is 0 Å². The van der Waals surface area contributed by atoms with Gasteiger partial charge in [-0.3, -0.25) is 9.59 Å². The van der Waals surface area contributed by atoms with Gasteiger partial charge >= 0.3 is 0 Å². The first-order valence-corrected chi connectivity index (χ1v) is 8.39. The molecule has 0 saturated heterocycles. The lowest BCUT2D eigenvalue weighted by molar-refractivity contribution is -0.114. The maximum absolute atomic E-state index is 12.2. The van der Waals surface area contributed by atoms with E-state index >= 15 is 0 Å². The number of nitrogens with zero attached hydrogens (tertiary/aromatic N) is 1. The van der Waals surface area contributed by atoms with Crippen LogP contribution in [-0.2, 0) is 14.6 Å². The molecule has 2 rings (SSSR count). The van der Waals surface area contributed by atoms with E-state index in [1.54, 1.807) is 45.9 Å². The zero-order chi connectivity index (χ0) is 16.0. The summed E-state index contributed by atoms with van der Waals surface area (Å²) in [6.07, 6.45) is 0. The topological polar surface area (TPSA) is 71.5 Å². The summed E-state index contributed by atoms with van der Waals surface area (Å²) in [5.41, 5.74) is 1.68. The highest BCUT2D eigenvalue weighted by atomic mass is 32.2. The van der Waals surface area contributed by atoms with Crippen molar-refractivity contribution >= 4 is 27.2 Å². The number of Topliss-reactive ketones (excluding diaryl/α,β-unsaturated/α-hetero) is 1. The Labute approximate surface area is 124 Å². The summed E-state index contributed by atoms with van der Waals surface area (Å²) in [5, 5.41) is 0. The summed E-state index contributed by atoms with van der Waals surface area (Å²) < 4.78 is 23.5. The molecule has 0 atom stereocenters. The highest BCUT2D eigenvalue weighted by Gasteiger charge is 2.38. The van der Waals surface area contributed by atoms with Crippen molar-refractivity contribution in [2.75, 3.05) is 17.2 Å². The highest BCUT2D eigenvalue weighted by Crippen LogP contribution is 2.32. The molecule has 114 valence electrons. The largest absolute Gasteiger partial charge is 0.303 e. The fourth-order valence-electron chi connectivity index (χ4n) is 2.27. The lowest BCUT2D eigenvalue weighted by atomic mass is 10.1. The van der Waals surface area contributed by atoms with Gasteiger partial charge in [-0.15, -0.1) is 0 Å². The van der Waals surface area contributed by atoms with Crippen molar-refractivity contribution in [1.29, 1.82) is 0 Å². The average molecular weight is 309 g/mol. The van der Waals surface area contributed by atoms with Gasteiger partial charge in [-0.1, -0.05) is 12.1 Å². The lowest BCUT2D eigenvalue weighted by Crippen LogP contribution is -2.39. The van der Waals surface area contributed by atoms with Crippen LogP contribution in [0.15, 0.2) is 18.2 Å². The molecule has 5 nitrogen and oxygen atoms in total. The van der Waals surface area contributed by atoms with E-state index in [1.807, 2.05) is 0 Å². The van der Waals surface area contributed by atoms with Crippen LogP contribution in [0.1, 0.15) is 36.7 Å². The summed E-state index contributed by atoms with van der Waals surface area (Å²) in [7, 11) is -3.35. The fourth-order valence-corrected chi connectivity index (χ4v) is 3.31. The summed E-state index contributed by atoms with van der Waals surface area (Å²) in [6.45, 7) is 6.67. The van der Waals surface area contributed by atoms with E-state index in [1.165, 1.54) is 4.90 Å². The molecule has 0 unspecified atom stereocenters. The third-order valence-corrected chi connectivity index (χ3v) is 6.29. The first-order valence-electron chi connectivity index (χ1n) is 6.74. The van der Waals surface area contributed by atoms with Crippen LogP contribution in [0.4, 0.5) is 5.69 Å². The zero-order valence-electron chi connectivity index (χ0n) is 12.6. The summed E-state index contributed by atoms with van der Waals surface area (Å²) in [4.78, 5) is 25.3. The standard InChI is InChI=1S/C15H19NO4S/c1-10-6-5-7-11-12(10)16(14(18)13(11)17)8-9-21(19,20)15(2,3)4/h5-7H,8-9H2,1-4H3. The predicted octanol–water partition coefficient (Wildman–Crippen LogP) is 1.74. The Morgan fingerprint density at radius 1 is 1.14 bits per heavy atom. The van der Waals surface area contributed by atoms with Crippen molar-refractivity contribution in [3.05, 3.63) is 29.3 Å². The molecule has 0 radical (unpaired) electrons. The smallest absolute Gasteiger partial charge is 0.299 e. The van der Waals surface area contributed by atoms with E-state index in [2.05, 4.69) is 0 Å². The van der Waals surface area contributed by atoms with Gasteiger partial charge < -0.3 is 4.90 Å². The summed E-state index contributed by atoms with van der Waals surface area (Å²) in [6, 6.07) is 5.12. The molecule has 1 aromatic carbocycles. The molecule has 0 N–H and O–H groups in total. The van der Waals surface area contributed by atoms with E-state index in [4.69, 9.17) is 0 Å². The van der Waals surface area contributed by atoms with Gasteiger partial charge in [0.1, 0.15) is 0 Å². The molecule has 6 heteroatoms. The normalized spacial score (nSPS) is 15.5. The maximum atomic E-state index is 12.2. The average Bonchev–Trinajstić information content (AvgIpc) is 2.61. The molecule has 0 bridgehead atoms. The Morgan fingerprint density at radius 2 is 1.76 bits per heavy atom. The van der Waals surface area contributed by atoms with Gasteiger partial charge in [-0.25, -0.2) is 8.42 Å². The Morgan fingerprint density at radius 3 is 2.33 bits per heavy atom. The molecule has 0 fully saturated rings. The quantitative estimate of drug-likeness (QED) is 0.797. The number of amides is 1. The minimum absolute atomic E-state index is 0.00201. The fraction of sp³-hybridized carbons (Fsp3) is 0.467. The van der Waals surface area contributed by atoms with Gasteiger partial charge in [-0.05, 0) is 39.3 Å². The van der Waals surface area contributed by atoms with Gasteiger partial charge in [0, 0.05) is 6.54 Å². The third-order valence-electron chi connectivity index (χ3n) is 3.71. The van der Waals surface area contributed by atoms with Crippen molar-refractivity contribution in [3.63, 3.8) is 0 Å². The Hall–Kier alpha value is -1.69. The molecule has 0 aliphatic carbocycles.